The number of fused-ring (bicyclic) bond motifs is 3. The number of para-hydroxylation sites is 1. The van der Waals surface area contributed by atoms with Crippen molar-refractivity contribution in [3.8, 4) is 11.5 Å². The van der Waals surface area contributed by atoms with Crippen LogP contribution in [0.1, 0.15) is 35.7 Å². The molecule has 0 radical (unpaired) electrons. The highest BCUT2D eigenvalue weighted by Crippen LogP contribution is 2.64. The first-order valence-corrected chi connectivity index (χ1v) is 13.2. The van der Waals surface area contributed by atoms with Gasteiger partial charge in [0.05, 0.1) is 23.3 Å². The lowest BCUT2D eigenvalue weighted by atomic mass is 9.61. The fourth-order valence-electron chi connectivity index (χ4n) is 8.00. The number of piperidine rings is 1. The maximum atomic E-state index is 13.9. The molecule has 4 aliphatic heterocycles. The molecule has 2 fully saturated rings. The Morgan fingerprint density at radius 3 is 2.95 bits per heavy atom. The van der Waals surface area contributed by atoms with Gasteiger partial charge in [-0.2, -0.15) is 0 Å². The number of ether oxygens (including phenoxy) is 1. The Morgan fingerprint density at radius 2 is 2.16 bits per heavy atom. The summed E-state index contributed by atoms with van der Waals surface area (Å²) < 4.78 is 6.17. The highest BCUT2D eigenvalue weighted by Gasteiger charge is 2.69. The van der Waals surface area contributed by atoms with Gasteiger partial charge in [0.1, 0.15) is 36.9 Å². The molecule has 1 spiro atoms. The zero-order valence-electron chi connectivity index (χ0n) is 21.5. The molecule has 2 aromatic rings. The Bertz CT molecular complexity index is 1510. The molecular formula is C30H30N3O5+. The molecule has 5 aliphatic rings. The molecule has 1 aliphatic carbocycles. The molecule has 2 N–H and O–H groups in total. The second kappa shape index (κ2) is 7.80. The number of hydrogen-bond donors (Lipinski definition) is 2. The average Bonchev–Trinajstić information content (AvgIpc) is 3.45. The van der Waals surface area contributed by atoms with Crippen LogP contribution in [0.4, 0.5) is 11.4 Å². The first kappa shape index (κ1) is 23.2. The molecule has 2 saturated heterocycles. The summed E-state index contributed by atoms with van der Waals surface area (Å²) in [5.74, 6) is 0.674. The van der Waals surface area contributed by atoms with E-state index >= 15 is 0 Å². The van der Waals surface area contributed by atoms with E-state index in [4.69, 9.17) is 4.74 Å². The van der Waals surface area contributed by atoms with Crippen LogP contribution in [0.2, 0.25) is 0 Å². The molecule has 8 nitrogen and oxygen atoms in total. The lowest BCUT2D eigenvalue weighted by Gasteiger charge is -2.53. The van der Waals surface area contributed by atoms with Crippen LogP contribution < -0.4 is 15.0 Å². The van der Waals surface area contributed by atoms with Crippen LogP contribution in [-0.2, 0) is 15.0 Å². The third-order valence-corrected chi connectivity index (χ3v) is 9.79. The van der Waals surface area contributed by atoms with Crippen LogP contribution in [0.15, 0.2) is 59.3 Å². The number of amides is 1. The first-order chi connectivity index (χ1) is 18.3. The van der Waals surface area contributed by atoms with Crippen LogP contribution >= 0.6 is 0 Å². The minimum Gasteiger partial charge on any atom is -0.506 e. The predicted octanol–water partition coefficient (Wildman–Crippen LogP) is 3.32. The van der Waals surface area contributed by atoms with Crippen molar-refractivity contribution in [1.29, 1.82) is 0 Å². The SMILES string of the molecule is C/C=C1/C[N+]2(CC(=O)c3ccc4c(c3)N(C)C(=O)CO4)CC[C@]34C(=C(C=O)[C@H]1C[C@H]32)Nc1c(O)cccc14. The molecule has 4 atom stereocenters. The number of benzene rings is 2. The van der Waals surface area contributed by atoms with Crippen molar-refractivity contribution < 1.29 is 28.7 Å². The second-order valence-corrected chi connectivity index (χ2v) is 11.3. The summed E-state index contributed by atoms with van der Waals surface area (Å²) in [4.78, 5) is 40.2. The van der Waals surface area contributed by atoms with Crippen molar-refractivity contribution in [1.82, 2.24) is 0 Å². The zero-order valence-corrected chi connectivity index (χ0v) is 21.5. The van der Waals surface area contributed by atoms with Crippen LogP contribution in [0.5, 0.6) is 11.5 Å². The van der Waals surface area contributed by atoms with Gasteiger partial charge >= 0.3 is 0 Å². The van der Waals surface area contributed by atoms with Crippen molar-refractivity contribution in [2.45, 2.75) is 31.2 Å². The number of aldehydes is 1. The van der Waals surface area contributed by atoms with Gasteiger partial charge in [0.25, 0.3) is 5.91 Å². The van der Waals surface area contributed by atoms with Crippen LogP contribution in [0.25, 0.3) is 0 Å². The molecule has 0 aromatic heterocycles. The standard InChI is InChI=1S/C30H29N3O5/c1-3-17-13-33(14-24(36)18-7-8-25-22(11-18)32(2)27(37)16-38-25)10-9-30-21-5-4-6-23(35)28(21)31-29(30)20(15-34)19(17)12-26(30)33/h3-8,11,15,19,26H,9-10,12-14,16H2,1-2H3,(H-,31,34,35)/p+1/b17-3-/t19-,26+,30+,33?/m0/s1. The van der Waals surface area contributed by atoms with E-state index in [0.29, 0.717) is 40.3 Å². The van der Waals surface area contributed by atoms with E-state index in [0.717, 1.165) is 42.5 Å². The second-order valence-electron chi connectivity index (χ2n) is 11.3. The largest absolute Gasteiger partial charge is 0.506 e. The van der Waals surface area contributed by atoms with Gasteiger partial charge in [-0.05, 0) is 42.3 Å². The Kier molecular flexibility index (Phi) is 4.77. The topological polar surface area (TPSA) is 95.9 Å². The van der Waals surface area contributed by atoms with Gasteiger partial charge in [0.15, 0.2) is 6.61 Å². The number of anilines is 2. The van der Waals surface area contributed by atoms with E-state index in [-0.39, 0.29) is 36.0 Å². The number of Topliss-reactive ketones (excluding diaryl/α,β-unsaturated/α-hetero) is 1. The molecule has 1 unspecified atom stereocenters. The number of quaternary nitrogens is 1. The van der Waals surface area contributed by atoms with Gasteiger partial charge < -0.3 is 24.5 Å². The number of nitrogens with zero attached hydrogens (tertiary/aromatic N) is 2. The Morgan fingerprint density at radius 1 is 1.32 bits per heavy atom. The molecule has 2 aromatic carbocycles. The summed E-state index contributed by atoms with van der Waals surface area (Å²) in [7, 11) is 1.70. The summed E-state index contributed by atoms with van der Waals surface area (Å²) in [5, 5.41) is 14.2. The van der Waals surface area contributed by atoms with E-state index < -0.39 is 5.41 Å². The smallest absolute Gasteiger partial charge is 0.264 e. The first-order valence-electron chi connectivity index (χ1n) is 13.2. The van der Waals surface area contributed by atoms with Gasteiger partial charge in [0, 0.05) is 42.6 Å². The fraction of sp³-hybridized carbons (Fsp3) is 0.367. The number of likely N-dealkylation sites (N-methyl/N-ethyl adjacent to an activating group) is 1. The molecule has 2 bridgehead atoms. The number of phenols is 1. The van der Waals surface area contributed by atoms with Crippen LogP contribution in [-0.4, -0.2) is 66.9 Å². The lowest BCUT2D eigenvalue weighted by Crippen LogP contribution is -2.64. The zero-order chi connectivity index (χ0) is 26.4. The van der Waals surface area contributed by atoms with Crippen molar-refractivity contribution in [2.75, 3.05) is 43.5 Å². The highest BCUT2D eigenvalue weighted by molar-refractivity contribution is 6.02. The van der Waals surface area contributed by atoms with Gasteiger partial charge in [-0.25, -0.2) is 0 Å². The molecule has 38 heavy (non-hydrogen) atoms. The molecule has 194 valence electrons. The fourth-order valence-corrected chi connectivity index (χ4v) is 8.00. The van der Waals surface area contributed by atoms with Crippen molar-refractivity contribution in [3.63, 3.8) is 0 Å². The van der Waals surface area contributed by atoms with E-state index in [2.05, 4.69) is 17.5 Å². The van der Waals surface area contributed by atoms with Gasteiger partial charge in [-0.3, -0.25) is 14.4 Å². The van der Waals surface area contributed by atoms with Gasteiger partial charge in [-0.15, -0.1) is 0 Å². The van der Waals surface area contributed by atoms with Gasteiger partial charge in [-0.1, -0.05) is 18.2 Å². The minimum atomic E-state index is -0.434. The lowest BCUT2D eigenvalue weighted by molar-refractivity contribution is -0.934. The minimum absolute atomic E-state index is 0.00244. The molecule has 0 saturated carbocycles. The van der Waals surface area contributed by atoms with E-state index in [1.54, 1.807) is 36.2 Å². The van der Waals surface area contributed by atoms with Crippen LogP contribution in [0.3, 0.4) is 0 Å². The van der Waals surface area contributed by atoms with E-state index in [1.807, 2.05) is 13.0 Å². The number of rotatable bonds is 4. The Hall–Kier alpha value is -3.91. The summed E-state index contributed by atoms with van der Waals surface area (Å²) in [6.07, 6.45) is 4.68. The number of phenolic OH excluding ortho intramolecular Hbond substituents is 1. The normalized spacial score (nSPS) is 31.4. The third-order valence-electron chi connectivity index (χ3n) is 9.79. The maximum Gasteiger partial charge on any atom is 0.264 e. The monoisotopic (exact) mass is 512 g/mol. The number of nitrogens with one attached hydrogen (secondary N) is 1. The van der Waals surface area contributed by atoms with Crippen LogP contribution in [0, 0.1) is 5.92 Å². The molecule has 7 rings (SSSR count). The summed E-state index contributed by atoms with van der Waals surface area (Å²) in [6.45, 7) is 3.84. The molecule has 8 heteroatoms. The maximum absolute atomic E-state index is 13.9. The molecule has 4 heterocycles. The van der Waals surface area contributed by atoms with E-state index in [1.165, 1.54) is 5.57 Å². The number of allylic oxidation sites excluding steroid dienone is 2. The molecular weight excluding hydrogens is 482 g/mol. The van der Waals surface area contributed by atoms with Gasteiger partial charge in [0.2, 0.25) is 5.78 Å². The van der Waals surface area contributed by atoms with Crippen molar-refractivity contribution in [3.05, 3.63) is 70.4 Å². The highest BCUT2D eigenvalue weighted by atomic mass is 16.5. The molecule has 1 amide bonds. The quantitative estimate of drug-likeness (QED) is 0.215. The number of ketones is 1. The summed E-state index contributed by atoms with van der Waals surface area (Å²) >= 11 is 0. The Labute approximate surface area is 220 Å². The predicted molar refractivity (Wildman–Crippen MR) is 141 cm³/mol. The summed E-state index contributed by atoms with van der Waals surface area (Å²) in [5.41, 5.74) is 5.32. The number of carbonyl (C=O) groups excluding carboxylic acids is 3. The number of hydrogen-bond acceptors (Lipinski definition) is 6. The van der Waals surface area contributed by atoms with Crippen molar-refractivity contribution in [2.24, 2.45) is 5.92 Å². The average molecular weight is 513 g/mol. The summed E-state index contributed by atoms with van der Waals surface area (Å²) in [6, 6.07) is 11.0. The Balaban J connectivity index is 1.33. The number of aromatic hydroxyl groups is 1. The third kappa shape index (κ3) is 2.81. The number of carbonyl (C=O) groups is 3. The van der Waals surface area contributed by atoms with E-state index in [9.17, 15) is 19.5 Å². The van der Waals surface area contributed by atoms with Crippen molar-refractivity contribution >= 4 is 29.4 Å².